The van der Waals surface area contributed by atoms with Crippen LogP contribution in [0.2, 0.25) is 0 Å². The van der Waals surface area contributed by atoms with Gasteiger partial charge in [0.2, 0.25) is 5.91 Å². The summed E-state index contributed by atoms with van der Waals surface area (Å²) in [4.78, 5) is 20.5. The van der Waals surface area contributed by atoms with E-state index in [1.165, 1.54) is 10.2 Å². The van der Waals surface area contributed by atoms with Crippen molar-refractivity contribution in [3.8, 4) is 0 Å². The normalized spacial score (nSPS) is 27.9. The number of nitrogens with zero attached hydrogens (tertiary/aromatic N) is 5. The maximum atomic E-state index is 11.1. The molecule has 1 aromatic carbocycles. The van der Waals surface area contributed by atoms with E-state index < -0.39 is 30.3 Å². The molecule has 186 valence electrons. The predicted molar refractivity (Wildman–Crippen MR) is 130 cm³/mol. The summed E-state index contributed by atoms with van der Waals surface area (Å²) in [6.07, 6.45) is -0.915. The molecule has 2 saturated carbocycles. The summed E-state index contributed by atoms with van der Waals surface area (Å²) >= 11 is 1.54. The van der Waals surface area contributed by atoms with Gasteiger partial charge < -0.3 is 26.0 Å². The van der Waals surface area contributed by atoms with Gasteiger partial charge in [-0.2, -0.15) is 0 Å². The van der Waals surface area contributed by atoms with E-state index in [2.05, 4.69) is 39.7 Å². The number of benzene rings is 1. The number of nitrogens with two attached hydrogens (primary N) is 1. The molecule has 2 aliphatic carbocycles. The Hall–Kier alpha value is -2.80. The van der Waals surface area contributed by atoms with E-state index in [4.69, 9.17) is 15.5 Å². The highest BCUT2D eigenvalue weighted by molar-refractivity contribution is 7.99. The van der Waals surface area contributed by atoms with Crippen LogP contribution in [0.1, 0.15) is 43.7 Å². The first kappa shape index (κ1) is 23.9. The van der Waals surface area contributed by atoms with Crippen molar-refractivity contribution >= 4 is 34.7 Å². The summed E-state index contributed by atoms with van der Waals surface area (Å²) in [5.74, 6) is 1.23. The van der Waals surface area contributed by atoms with Gasteiger partial charge in [0.15, 0.2) is 22.1 Å². The summed E-state index contributed by atoms with van der Waals surface area (Å²) < 4.78 is 6.94. The number of fused-ring (bicyclic) bond motifs is 1. The number of amides is 1. The number of aliphatic hydroxyl groups excluding tert-OH is 2. The van der Waals surface area contributed by atoms with Crippen molar-refractivity contribution < 1.29 is 19.7 Å². The Labute approximate surface area is 206 Å². The number of anilines is 1. The Kier molecular flexibility index (Phi) is 6.87. The number of carbonyl (C=O) groups excluding carboxylic acids is 1. The summed E-state index contributed by atoms with van der Waals surface area (Å²) in [6.45, 7) is 1.75. The van der Waals surface area contributed by atoms with Gasteiger partial charge in [0.05, 0.1) is 12.1 Å². The molecule has 0 bridgehead atoms. The molecule has 2 aromatic heterocycles. The highest BCUT2D eigenvalue weighted by atomic mass is 32.2. The van der Waals surface area contributed by atoms with Gasteiger partial charge in [0, 0.05) is 24.1 Å². The van der Waals surface area contributed by atoms with Crippen molar-refractivity contribution in [3.63, 3.8) is 0 Å². The third-order valence-electron chi connectivity index (χ3n) is 6.43. The van der Waals surface area contributed by atoms with Gasteiger partial charge in [-0.1, -0.05) is 54.2 Å². The number of carbonyl (C=O) groups is 1. The molecule has 2 heterocycles. The van der Waals surface area contributed by atoms with Crippen molar-refractivity contribution in [2.45, 2.75) is 67.7 Å². The van der Waals surface area contributed by atoms with Crippen LogP contribution in [0.3, 0.4) is 0 Å². The third-order valence-corrected chi connectivity index (χ3v) is 7.48. The van der Waals surface area contributed by atoms with E-state index in [0.717, 1.165) is 18.6 Å². The largest absolute Gasteiger partial charge is 0.388 e. The van der Waals surface area contributed by atoms with Crippen LogP contribution in [0.25, 0.3) is 11.2 Å². The van der Waals surface area contributed by atoms with Crippen LogP contribution in [-0.2, 0) is 9.53 Å². The zero-order valence-corrected chi connectivity index (χ0v) is 20.1. The lowest BCUT2D eigenvalue weighted by Gasteiger charge is -2.17. The Balaban J connectivity index is 1.43. The average molecular weight is 500 g/mol. The highest BCUT2D eigenvalue weighted by Crippen LogP contribution is 2.43. The molecule has 1 amide bonds. The number of rotatable bonds is 10. The molecule has 3 aromatic rings. The van der Waals surface area contributed by atoms with Crippen molar-refractivity contribution in [2.24, 2.45) is 5.73 Å². The molecule has 5 N–H and O–H groups in total. The smallest absolute Gasteiger partial charge is 0.243 e. The molecule has 5 rings (SSSR count). The van der Waals surface area contributed by atoms with Crippen molar-refractivity contribution in [1.29, 1.82) is 0 Å². The van der Waals surface area contributed by atoms with Gasteiger partial charge in [0.1, 0.15) is 18.8 Å². The molecule has 2 fully saturated rings. The molecule has 12 heteroatoms. The minimum Gasteiger partial charge on any atom is -0.388 e. The second-order valence-electron chi connectivity index (χ2n) is 9.01. The Morgan fingerprint density at radius 1 is 1.23 bits per heavy atom. The predicted octanol–water partition coefficient (Wildman–Crippen LogP) is 1.23. The van der Waals surface area contributed by atoms with Gasteiger partial charge in [-0.25, -0.2) is 14.6 Å². The minimum atomic E-state index is -1.19. The monoisotopic (exact) mass is 499 g/mol. The van der Waals surface area contributed by atoms with Crippen LogP contribution in [0.4, 0.5) is 5.82 Å². The molecule has 0 spiro atoms. The van der Waals surface area contributed by atoms with Crippen LogP contribution in [-0.4, -0.2) is 77.8 Å². The van der Waals surface area contributed by atoms with Gasteiger partial charge in [-0.15, -0.1) is 5.10 Å². The molecular formula is C23H29N7O4S. The summed E-state index contributed by atoms with van der Waals surface area (Å²) in [6, 6.07) is 9.96. The first-order valence-corrected chi connectivity index (χ1v) is 12.8. The number of hydrogen-bond acceptors (Lipinski definition) is 10. The number of aliphatic hydroxyl groups is 2. The molecule has 2 aliphatic rings. The molecule has 0 aliphatic heterocycles. The van der Waals surface area contributed by atoms with Crippen molar-refractivity contribution in [1.82, 2.24) is 25.0 Å². The molecule has 11 nitrogen and oxygen atoms in total. The lowest BCUT2D eigenvalue weighted by molar-refractivity contribution is -0.127. The first-order chi connectivity index (χ1) is 17.0. The fourth-order valence-electron chi connectivity index (χ4n) is 4.56. The lowest BCUT2D eigenvalue weighted by Crippen LogP contribution is -2.34. The maximum Gasteiger partial charge on any atom is 0.243 e. The van der Waals surface area contributed by atoms with Crippen molar-refractivity contribution in [3.05, 3.63) is 35.9 Å². The molecule has 0 radical (unpaired) electrons. The fourth-order valence-corrected chi connectivity index (χ4v) is 5.25. The van der Waals surface area contributed by atoms with E-state index in [1.54, 1.807) is 11.8 Å². The molecule has 6 atom stereocenters. The Bertz CT molecular complexity index is 1190. The second-order valence-corrected chi connectivity index (χ2v) is 10.1. The summed E-state index contributed by atoms with van der Waals surface area (Å²) in [5, 5.41) is 33.9. The van der Waals surface area contributed by atoms with Gasteiger partial charge >= 0.3 is 0 Å². The number of nitrogens with one attached hydrogen (secondary N) is 1. The number of hydrogen-bond donors (Lipinski definition) is 4. The van der Waals surface area contributed by atoms with Gasteiger partial charge in [-0.05, 0) is 18.4 Å². The van der Waals surface area contributed by atoms with E-state index in [1.807, 2.05) is 18.2 Å². The van der Waals surface area contributed by atoms with E-state index >= 15 is 0 Å². The van der Waals surface area contributed by atoms with Crippen LogP contribution in [0.5, 0.6) is 0 Å². The minimum absolute atomic E-state index is 0.232. The number of primary amides is 1. The van der Waals surface area contributed by atoms with Crippen LogP contribution in [0, 0.1) is 0 Å². The quantitative estimate of drug-likeness (QED) is 0.236. The fraction of sp³-hybridized carbons (Fsp3) is 0.522. The van der Waals surface area contributed by atoms with Crippen LogP contribution >= 0.6 is 11.8 Å². The maximum absolute atomic E-state index is 11.1. The number of thioether (sulfide) groups is 1. The topological polar surface area (TPSA) is 161 Å². The van der Waals surface area contributed by atoms with E-state index in [0.29, 0.717) is 28.1 Å². The van der Waals surface area contributed by atoms with Crippen molar-refractivity contribution in [2.75, 3.05) is 17.7 Å². The SMILES string of the molecule is CCCSc1nc(NC2CC2c2ccccc2)c2nnn([C@@H]3C[C@H](OCC(N)=O)[C@@H](O)[C@H]3O)c2n1. The second kappa shape index (κ2) is 10.1. The molecule has 35 heavy (non-hydrogen) atoms. The van der Waals surface area contributed by atoms with Crippen LogP contribution in [0.15, 0.2) is 35.5 Å². The Morgan fingerprint density at radius 3 is 2.77 bits per heavy atom. The molecular weight excluding hydrogens is 470 g/mol. The first-order valence-electron chi connectivity index (χ1n) is 11.8. The molecule has 2 unspecified atom stereocenters. The van der Waals surface area contributed by atoms with E-state index in [9.17, 15) is 15.0 Å². The zero-order chi connectivity index (χ0) is 24.5. The highest BCUT2D eigenvalue weighted by Gasteiger charge is 2.45. The Morgan fingerprint density at radius 2 is 2.03 bits per heavy atom. The lowest BCUT2D eigenvalue weighted by atomic mass is 10.1. The van der Waals surface area contributed by atoms with E-state index in [-0.39, 0.29) is 19.1 Å². The summed E-state index contributed by atoms with van der Waals surface area (Å²) in [7, 11) is 0. The summed E-state index contributed by atoms with van der Waals surface area (Å²) in [5.41, 5.74) is 7.42. The van der Waals surface area contributed by atoms with Crippen LogP contribution < -0.4 is 11.1 Å². The van der Waals surface area contributed by atoms with Gasteiger partial charge in [-0.3, -0.25) is 4.79 Å². The standard InChI is InChI=1S/C23H29N7O4S/c1-2-8-35-23-26-21(25-14-9-13(14)12-6-4-3-5-7-12)18-22(27-23)30(29-28-18)15-10-16(20(33)19(15)32)34-11-17(24)31/h3-7,13-16,19-20,32-33H,2,8-11H2,1H3,(H2,24,31)(H,25,26,27)/t13?,14?,15-,16+,19+,20-/m1/s1. The zero-order valence-electron chi connectivity index (χ0n) is 19.3. The third kappa shape index (κ3) is 4.96. The molecule has 0 saturated heterocycles. The van der Waals surface area contributed by atoms with Gasteiger partial charge in [0.25, 0.3) is 0 Å². The average Bonchev–Trinajstić information content (AvgIpc) is 3.41. The number of ether oxygens (including phenoxy) is 1. The number of aromatic nitrogens is 5.